The van der Waals surface area contributed by atoms with Crippen molar-refractivity contribution in [2.45, 2.75) is 0 Å². The summed E-state index contributed by atoms with van der Waals surface area (Å²) in [6, 6.07) is 0. The van der Waals surface area contributed by atoms with Crippen molar-refractivity contribution in [3.8, 4) is 23.0 Å². The van der Waals surface area contributed by atoms with Crippen LogP contribution in [0.4, 0.5) is 70.2 Å². The molecule has 4 aromatic carbocycles. The molecule has 264 valence electrons. The first kappa shape index (κ1) is 40.1. The summed E-state index contributed by atoms with van der Waals surface area (Å²) in [4.78, 5) is 0. The van der Waals surface area contributed by atoms with Gasteiger partial charge in [0.25, 0.3) is 0 Å². The second-order valence-corrected chi connectivity index (χ2v) is 9.68. The molecule has 4 rings (SSSR count). The van der Waals surface area contributed by atoms with Gasteiger partial charge >= 0.3 is 18.9 Å². The van der Waals surface area contributed by atoms with Gasteiger partial charge in [-0.1, -0.05) is 0 Å². The summed E-state index contributed by atoms with van der Waals surface area (Å²) < 4.78 is 266. The first-order valence-electron chi connectivity index (χ1n) is 12.6. The van der Waals surface area contributed by atoms with Crippen molar-refractivity contribution < 1.29 is 108 Å². The van der Waals surface area contributed by atoms with Gasteiger partial charge in [-0.25, -0.2) is 52.7 Å². The van der Waals surface area contributed by atoms with E-state index in [1.165, 1.54) is 0 Å². The smallest absolute Gasteiger partial charge is 0.491 e. The largest absolute Gasteiger partial charge is 1.00 e. The molecule has 4 nitrogen and oxygen atoms in total. The fourth-order valence-corrected chi connectivity index (χ4v) is 5.62. The molecule has 0 saturated carbocycles. The fraction of sp³-hybridized carbons (Fsp3) is 0.143. The zero-order valence-corrected chi connectivity index (χ0v) is 25.3. The Morgan fingerprint density at radius 2 is 0.420 bits per heavy atom. The van der Waals surface area contributed by atoms with Crippen LogP contribution in [0.25, 0.3) is 0 Å². The summed E-state index contributed by atoms with van der Waals surface area (Å²) in [5.74, 6) is -57.2. The Hall–Kier alpha value is -4.38. The minimum atomic E-state index is -6.61. The Kier molecular flexibility index (Phi) is 11.3. The number of hydrogen-bond donors (Lipinski definition) is 0. The molecule has 0 aliphatic heterocycles. The van der Waals surface area contributed by atoms with Crippen LogP contribution in [0, 0.1) is 93.1 Å². The van der Waals surface area contributed by atoms with Crippen molar-refractivity contribution in [3.63, 3.8) is 0 Å². The second-order valence-electron chi connectivity index (χ2n) is 9.68. The van der Waals surface area contributed by atoms with E-state index in [4.69, 9.17) is 0 Å². The summed E-state index contributed by atoms with van der Waals surface area (Å²) in [6.45, 7) is 0. The molecule has 0 spiro atoms. The number of halogens is 16. The van der Waals surface area contributed by atoms with E-state index in [9.17, 15) is 17.6 Å². The van der Waals surface area contributed by atoms with Gasteiger partial charge in [0.05, 0.1) is 28.4 Å². The van der Waals surface area contributed by atoms with Gasteiger partial charge in [-0.15, -0.1) is 21.9 Å². The molecule has 50 heavy (non-hydrogen) atoms. The monoisotopic (exact) mass is 734 g/mol. The molecular formula is C28H12BF16LiO4. The first-order valence-corrected chi connectivity index (χ1v) is 12.6. The summed E-state index contributed by atoms with van der Waals surface area (Å²) in [5, 5.41) is 0. The van der Waals surface area contributed by atoms with Gasteiger partial charge in [-0.2, -0.15) is 17.6 Å². The van der Waals surface area contributed by atoms with Crippen molar-refractivity contribution >= 4 is 28.0 Å². The van der Waals surface area contributed by atoms with E-state index in [-0.39, 0.29) is 47.3 Å². The number of hydrogen-bond acceptors (Lipinski definition) is 4. The number of benzene rings is 4. The molecule has 4 aromatic rings. The SMILES string of the molecule is COc1c(F)c(F)c(F)c([B-](c2c(F)c(F)c(F)c(OC)c2F)(c2c(F)c(F)c(F)c(OC)c2F)c2c(F)c(F)c(F)c(OC)c2F)c1F.[Li+]. The number of methoxy groups -OCH3 is 4. The molecule has 0 unspecified atom stereocenters. The second kappa shape index (κ2) is 14.1. The van der Waals surface area contributed by atoms with Crippen molar-refractivity contribution in [1.29, 1.82) is 0 Å². The average Bonchev–Trinajstić information content (AvgIpc) is 3.05. The van der Waals surface area contributed by atoms with E-state index in [0.29, 0.717) is 0 Å². The van der Waals surface area contributed by atoms with Gasteiger partial charge in [0.1, 0.15) is 52.7 Å². The Morgan fingerprint density at radius 3 is 0.560 bits per heavy atom. The molecule has 0 radical (unpaired) electrons. The average molecular weight is 734 g/mol. The van der Waals surface area contributed by atoms with Crippen LogP contribution < -0.4 is 59.7 Å². The van der Waals surface area contributed by atoms with Gasteiger partial charge in [0, 0.05) is 0 Å². The fourth-order valence-electron chi connectivity index (χ4n) is 5.62. The third-order valence-corrected chi connectivity index (χ3v) is 7.58. The van der Waals surface area contributed by atoms with Crippen molar-refractivity contribution in [2.75, 3.05) is 28.4 Å². The molecule has 0 heterocycles. The summed E-state index contributed by atoms with van der Waals surface area (Å²) >= 11 is 0. The normalized spacial score (nSPS) is 11.4. The Balaban J connectivity index is 0.00000676. The third kappa shape index (κ3) is 5.19. The van der Waals surface area contributed by atoms with Crippen LogP contribution in [0.5, 0.6) is 23.0 Å². The van der Waals surface area contributed by atoms with Crippen LogP contribution in [0.1, 0.15) is 0 Å². The molecule has 0 saturated heterocycles. The van der Waals surface area contributed by atoms with Crippen molar-refractivity contribution in [3.05, 3.63) is 93.1 Å². The van der Waals surface area contributed by atoms with E-state index >= 15 is 52.7 Å². The van der Waals surface area contributed by atoms with Crippen LogP contribution in [0.3, 0.4) is 0 Å². The summed E-state index contributed by atoms with van der Waals surface area (Å²) in [5.41, 5.74) is -11.8. The molecule has 22 heteroatoms. The maximum absolute atomic E-state index is 16.3. The molecule has 0 aromatic heterocycles. The Labute approximate surface area is 280 Å². The minimum Gasteiger partial charge on any atom is -0.491 e. The van der Waals surface area contributed by atoms with Crippen LogP contribution in [-0.2, 0) is 0 Å². The first-order chi connectivity index (χ1) is 22.9. The van der Waals surface area contributed by atoms with E-state index in [2.05, 4.69) is 18.9 Å². The quantitative estimate of drug-likeness (QED) is 0.121. The third-order valence-electron chi connectivity index (χ3n) is 7.58. The standard InChI is InChI=1S/C28H12BF16O4.Li/c1-46-25-13(34)5(9(30)17(38)21(25)42)29(6-10(31)18(39)22(43)26(47-2)14(6)35,7-11(32)19(40)23(44)27(48-3)15(7)36)8-12(33)20(41)24(45)28(49-4)16(8)37;/h1-4H3;/q-1;+1. The Bertz CT molecular complexity index is 1770. The molecule has 0 bridgehead atoms. The maximum Gasteiger partial charge on any atom is 1.00 e. The van der Waals surface area contributed by atoms with Gasteiger partial charge in [-0.05, 0) is 0 Å². The minimum absolute atomic E-state index is 0. The number of rotatable bonds is 8. The van der Waals surface area contributed by atoms with Gasteiger partial charge in [0.15, 0.2) is 46.3 Å². The molecule has 0 N–H and O–H groups in total. The zero-order chi connectivity index (χ0) is 37.2. The van der Waals surface area contributed by atoms with Crippen LogP contribution in [0.15, 0.2) is 0 Å². The molecule has 0 aliphatic rings. The van der Waals surface area contributed by atoms with E-state index in [1.807, 2.05) is 0 Å². The van der Waals surface area contributed by atoms with Gasteiger partial charge < -0.3 is 18.9 Å². The Morgan fingerprint density at radius 1 is 0.260 bits per heavy atom. The van der Waals surface area contributed by atoms with Crippen LogP contribution in [-0.4, -0.2) is 34.6 Å². The van der Waals surface area contributed by atoms with Crippen molar-refractivity contribution in [1.82, 2.24) is 0 Å². The molecule has 0 fully saturated rings. The maximum atomic E-state index is 16.3. The molecular weight excluding hydrogens is 722 g/mol. The van der Waals surface area contributed by atoms with E-state index in [1.54, 1.807) is 0 Å². The molecule has 0 aliphatic carbocycles. The van der Waals surface area contributed by atoms with E-state index in [0.717, 1.165) is 0 Å². The number of ether oxygens (including phenoxy) is 4. The zero-order valence-electron chi connectivity index (χ0n) is 25.3. The van der Waals surface area contributed by atoms with Crippen LogP contribution >= 0.6 is 0 Å². The predicted octanol–water partition coefficient (Wildman–Crippen LogP) is 2.33. The van der Waals surface area contributed by atoms with Crippen LogP contribution in [0.2, 0.25) is 0 Å². The molecule has 0 atom stereocenters. The van der Waals surface area contributed by atoms with Gasteiger partial charge in [-0.3, -0.25) is 0 Å². The summed E-state index contributed by atoms with van der Waals surface area (Å²) in [6.07, 6.45) is -6.61. The van der Waals surface area contributed by atoms with Crippen molar-refractivity contribution in [2.24, 2.45) is 0 Å². The van der Waals surface area contributed by atoms with E-state index < -0.39 is 144 Å². The van der Waals surface area contributed by atoms with Gasteiger partial charge in [0.2, 0.25) is 23.3 Å². The predicted molar refractivity (Wildman–Crippen MR) is 136 cm³/mol. The topological polar surface area (TPSA) is 36.9 Å². The molecule has 0 amide bonds. The summed E-state index contributed by atoms with van der Waals surface area (Å²) in [7, 11) is 1.07.